The van der Waals surface area contributed by atoms with Gasteiger partial charge >= 0.3 is 0 Å². The Morgan fingerprint density at radius 3 is 1.33 bits per heavy atom. The van der Waals surface area contributed by atoms with E-state index in [0.29, 0.717) is 13.1 Å². The number of hydrogen-bond acceptors (Lipinski definition) is 2. The van der Waals surface area contributed by atoms with E-state index in [1.807, 2.05) is 0 Å². The van der Waals surface area contributed by atoms with Crippen LogP contribution < -0.4 is 0 Å². The van der Waals surface area contributed by atoms with Crippen molar-refractivity contribution in [3.8, 4) is 0 Å². The average Bonchev–Trinajstić information content (AvgIpc) is 2.21. The van der Waals surface area contributed by atoms with Crippen molar-refractivity contribution in [2.45, 2.75) is 54.4 Å². The second-order valence-electron chi connectivity index (χ2n) is 2.90. The molecule has 0 aliphatic carbocycles. The lowest BCUT2D eigenvalue weighted by Gasteiger charge is -2.11. The van der Waals surface area contributed by atoms with Crippen molar-refractivity contribution in [2.75, 3.05) is 13.1 Å². The van der Waals surface area contributed by atoms with Crippen molar-refractivity contribution in [1.82, 2.24) is 5.01 Å². The summed E-state index contributed by atoms with van der Waals surface area (Å²) in [6.07, 6.45) is 2.50. The Morgan fingerprint density at radius 1 is 1.00 bits per heavy atom. The molecule has 0 saturated carbocycles. The van der Waals surface area contributed by atoms with E-state index in [9.17, 15) is 5.21 Å². The van der Waals surface area contributed by atoms with E-state index in [1.54, 1.807) is 13.8 Å². The van der Waals surface area contributed by atoms with Gasteiger partial charge in [0.1, 0.15) is 0 Å². The lowest BCUT2D eigenvalue weighted by atomic mass is 10.6. The summed E-state index contributed by atoms with van der Waals surface area (Å²) in [6, 6.07) is 0. The molecule has 0 amide bonds. The fraction of sp³-hybridized carbons (Fsp3) is 1.00. The highest BCUT2D eigenvalue weighted by molar-refractivity contribution is 4.29. The topological polar surface area (TPSA) is 61.9 Å². The molecular formula is C10H27N3O2. The molecule has 0 aliphatic rings. The minimum Gasteiger partial charge on any atom is -0.569 e. The van der Waals surface area contributed by atoms with E-state index in [2.05, 4.69) is 33.0 Å². The molecule has 0 saturated heterocycles. The molecule has 0 bridgehead atoms. The van der Waals surface area contributed by atoms with Crippen LogP contribution in [0.4, 0.5) is 0 Å². The molecule has 0 spiro atoms. The molecule has 0 aromatic carbocycles. The third-order valence-electron chi connectivity index (χ3n) is 1.05. The standard InChI is InChI=1S/C4H11N3O2.2C3H8/c1-3-6(4-2)7(9)5-8;2*1-3-2/h8H,3-4H2,1-2H3;2*3H2,1-2H3/b7-5+;;. The van der Waals surface area contributed by atoms with Crippen LogP contribution in [0.2, 0.25) is 0 Å². The van der Waals surface area contributed by atoms with Crippen LogP contribution >= 0.6 is 0 Å². The monoisotopic (exact) mass is 221 g/mol. The molecule has 0 atom stereocenters. The summed E-state index contributed by atoms with van der Waals surface area (Å²) in [5.41, 5.74) is 0. The van der Waals surface area contributed by atoms with Crippen LogP contribution in [0.5, 0.6) is 0 Å². The van der Waals surface area contributed by atoms with Crippen molar-refractivity contribution < 1.29 is 10.2 Å². The predicted octanol–water partition coefficient (Wildman–Crippen LogP) is 3.43. The molecule has 0 rings (SSSR count). The first-order valence-electron chi connectivity index (χ1n) is 5.66. The molecule has 0 aliphatic heterocycles. The minimum absolute atomic E-state index is 0.167. The average molecular weight is 221 g/mol. The first-order valence-corrected chi connectivity index (χ1v) is 5.66. The summed E-state index contributed by atoms with van der Waals surface area (Å²) < 4.78 is 0. The van der Waals surface area contributed by atoms with Crippen molar-refractivity contribution in [1.29, 1.82) is 0 Å². The van der Waals surface area contributed by atoms with Gasteiger partial charge in [0.25, 0.3) is 0 Å². The molecule has 0 unspecified atom stereocenters. The summed E-state index contributed by atoms with van der Waals surface area (Å²) in [6.45, 7) is 13.2. The van der Waals surface area contributed by atoms with Gasteiger partial charge in [-0.15, -0.1) is 5.01 Å². The summed E-state index contributed by atoms with van der Waals surface area (Å²) in [7, 11) is 0. The van der Waals surface area contributed by atoms with Gasteiger partial charge in [-0.25, -0.2) is 0 Å². The first-order chi connectivity index (χ1) is 7.09. The first kappa shape index (κ1) is 19.6. The second-order valence-corrected chi connectivity index (χ2v) is 2.90. The number of hydrogen-bond donors (Lipinski definition) is 1. The van der Waals surface area contributed by atoms with E-state index < -0.39 is 0 Å². The second kappa shape index (κ2) is 18.7. The van der Waals surface area contributed by atoms with Gasteiger partial charge in [-0.05, 0) is 13.8 Å². The van der Waals surface area contributed by atoms with Crippen LogP contribution in [0.25, 0.3) is 0 Å². The normalized spacial score (nSPS) is 9.33. The van der Waals surface area contributed by atoms with Crippen molar-refractivity contribution in [3.63, 3.8) is 0 Å². The summed E-state index contributed by atoms with van der Waals surface area (Å²) in [5, 5.41) is 22.1. The highest BCUT2D eigenvalue weighted by atomic mass is 16.6. The lowest BCUT2D eigenvalue weighted by Crippen LogP contribution is -2.29. The van der Waals surface area contributed by atoms with Gasteiger partial charge in [0.2, 0.25) is 5.28 Å². The van der Waals surface area contributed by atoms with Gasteiger partial charge in [0, 0.05) is 0 Å². The zero-order valence-corrected chi connectivity index (χ0v) is 11.0. The van der Waals surface area contributed by atoms with Crippen LogP contribution in [-0.4, -0.2) is 28.3 Å². The maximum absolute atomic E-state index is 10.4. The van der Waals surface area contributed by atoms with Gasteiger partial charge in [0.05, 0.1) is 18.1 Å². The van der Waals surface area contributed by atoms with Gasteiger partial charge in [-0.1, -0.05) is 40.5 Å². The minimum atomic E-state index is 0.167. The summed E-state index contributed by atoms with van der Waals surface area (Å²) >= 11 is 0. The molecule has 1 N–H and O–H groups in total. The van der Waals surface area contributed by atoms with Gasteiger partial charge in [0.15, 0.2) is 0 Å². The molecule has 0 aromatic rings. The largest absolute Gasteiger partial charge is 0.569 e. The van der Waals surface area contributed by atoms with Gasteiger partial charge < -0.3 is 10.4 Å². The van der Waals surface area contributed by atoms with E-state index in [4.69, 9.17) is 5.21 Å². The molecule has 5 heteroatoms. The number of hydrazine groups is 1. The van der Waals surface area contributed by atoms with E-state index in [0.717, 1.165) is 0 Å². The van der Waals surface area contributed by atoms with Crippen LogP contribution in [-0.2, 0) is 0 Å². The van der Waals surface area contributed by atoms with Gasteiger partial charge in [-0.3, -0.25) is 0 Å². The Morgan fingerprint density at radius 2 is 1.27 bits per heavy atom. The van der Waals surface area contributed by atoms with Crippen LogP contribution in [0.3, 0.4) is 0 Å². The molecule has 0 fully saturated rings. The highest BCUT2D eigenvalue weighted by Gasteiger charge is 2.04. The zero-order chi connectivity index (χ0) is 12.7. The number of nitrogens with zero attached hydrogens (tertiary/aromatic N) is 3. The number of rotatable bonds is 3. The predicted molar refractivity (Wildman–Crippen MR) is 62.7 cm³/mol. The molecule has 5 nitrogen and oxygen atoms in total. The van der Waals surface area contributed by atoms with Crippen molar-refractivity contribution in [3.05, 3.63) is 5.21 Å². The molecule has 94 valence electrons. The molecule has 0 aromatic heterocycles. The Bertz CT molecular complexity index is 124. The summed E-state index contributed by atoms with van der Waals surface area (Å²) in [5.74, 6) is 0. The Hall–Kier alpha value is -1.00. The fourth-order valence-electron chi connectivity index (χ4n) is 0.522. The molecule has 0 heterocycles. The van der Waals surface area contributed by atoms with Crippen molar-refractivity contribution >= 4 is 0 Å². The SMILES string of the molecule is CCC.CCC.CCN(CC)/[N+]([O-])=N\O. The lowest BCUT2D eigenvalue weighted by molar-refractivity contribution is -0.708. The van der Waals surface area contributed by atoms with E-state index in [-0.39, 0.29) is 4.97 Å². The van der Waals surface area contributed by atoms with Crippen molar-refractivity contribution in [2.24, 2.45) is 5.28 Å². The van der Waals surface area contributed by atoms with Gasteiger partial charge in [-0.2, -0.15) is 0 Å². The molecule has 15 heavy (non-hydrogen) atoms. The Balaban J connectivity index is -0.000000200. The quantitative estimate of drug-likeness (QED) is 0.451. The Labute approximate surface area is 93.9 Å². The Kier molecular flexibility index (Phi) is 24.4. The van der Waals surface area contributed by atoms with Crippen LogP contribution in [0, 0.1) is 5.21 Å². The van der Waals surface area contributed by atoms with Crippen LogP contribution in [0.1, 0.15) is 54.4 Å². The molecular weight excluding hydrogens is 194 g/mol. The zero-order valence-electron chi connectivity index (χ0n) is 11.0. The maximum atomic E-state index is 10.4. The highest BCUT2D eigenvalue weighted by Crippen LogP contribution is 1.86. The van der Waals surface area contributed by atoms with E-state index in [1.165, 1.54) is 17.9 Å². The maximum Gasteiger partial charge on any atom is 0.230 e. The summed E-state index contributed by atoms with van der Waals surface area (Å²) in [4.78, 5) is 0.167. The molecule has 0 radical (unpaired) electrons. The third-order valence-corrected chi connectivity index (χ3v) is 1.05. The smallest absolute Gasteiger partial charge is 0.230 e. The fourth-order valence-corrected chi connectivity index (χ4v) is 0.522. The van der Waals surface area contributed by atoms with E-state index >= 15 is 0 Å². The van der Waals surface area contributed by atoms with Crippen LogP contribution in [0.15, 0.2) is 5.28 Å². The third kappa shape index (κ3) is 19.4.